The monoisotopic (exact) mass is 284 g/mol. The predicted octanol–water partition coefficient (Wildman–Crippen LogP) is 1.92. The molecule has 0 aliphatic carbocycles. The highest BCUT2D eigenvalue weighted by atomic mass is 35.5. The molecule has 0 fully saturated rings. The molecule has 2 aromatic rings. The van der Waals surface area contributed by atoms with Gasteiger partial charge in [0.2, 0.25) is 0 Å². The summed E-state index contributed by atoms with van der Waals surface area (Å²) in [4.78, 5) is 11.0. The summed E-state index contributed by atoms with van der Waals surface area (Å²) in [6.07, 6.45) is 1.54. The first-order chi connectivity index (χ1) is 8.47. The van der Waals surface area contributed by atoms with E-state index in [9.17, 15) is 4.79 Å². The molecule has 0 unspecified atom stereocenters. The lowest BCUT2D eigenvalue weighted by atomic mass is 10.2. The maximum atomic E-state index is 11.0. The van der Waals surface area contributed by atoms with E-state index in [0.29, 0.717) is 16.6 Å². The second kappa shape index (κ2) is 4.88. The Hall–Kier alpha value is -1.72. The van der Waals surface area contributed by atoms with Crippen LogP contribution in [0.1, 0.15) is 16.1 Å². The van der Waals surface area contributed by atoms with E-state index in [1.165, 1.54) is 4.68 Å². The van der Waals surface area contributed by atoms with Gasteiger partial charge in [0.25, 0.3) is 5.91 Å². The fraction of sp³-hybridized carbons (Fsp3) is 0.0909. The van der Waals surface area contributed by atoms with Gasteiger partial charge in [0.15, 0.2) is 5.69 Å². The topological polar surface area (TPSA) is 86.9 Å². The van der Waals surface area contributed by atoms with Gasteiger partial charge in [-0.3, -0.25) is 9.48 Å². The zero-order chi connectivity index (χ0) is 13.3. The van der Waals surface area contributed by atoms with E-state index in [-0.39, 0.29) is 11.4 Å². The summed E-state index contributed by atoms with van der Waals surface area (Å²) in [5.41, 5.74) is 12.0. The molecule has 0 saturated carbocycles. The van der Waals surface area contributed by atoms with Gasteiger partial charge in [0.05, 0.1) is 22.3 Å². The van der Waals surface area contributed by atoms with Crippen LogP contribution in [-0.2, 0) is 6.54 Å². The Morgan fingerprint density at radius 3 is 2.61 bits per heavy atom. The average molecular weight is 285 g/mol. The van der Waals surface area contributed by atoms with Crippen LogP contribution in [0, 0.1) is 0 Å². The van der Waals surface area contributed by atoms with Crippen molar-refractivity contribution in [2.24, 2.45) is 5.73 Å². The molecule has 0 aliphatic rings. The van der Waals surface area contributed by atoms with Crippen LogP contribution in [0.3, 0.4) is 0 Å². The van der Waals surface area contributed by atoms with Crippen molar-refractivity contribution in [1.82, 2.24) is 9.78 Å². The summed E-state index contributed by atoms with van der Waals surface area (Å²) in [6.45, 7) is 0.425. The van der Waals surface area contributed by atoms with Crippen LogP contribution in [0.25, 0.3) is 0 Å². The number of halogens is 2. The Balaban J connectivity index is 2.26. The Morgan fingerprint density at radius 1 is 1.33 bits per heavy atom. The normalized spacial score (nSPS) is 10.6. The molecule has 0 saturated heterocycles. The van der Waals surface area contributed by atoms with Gasteiger partial charge in [0.1, 0.15) is 0 Å². The van der Waals surface area contributed by atoms with E-state index in [2.05, 4.69) is 5.10 Å². The molecular weight excluding hydrogens is 275 g/mol. The lowest BCUT2D eigenvalue weighted by Crippen LogP contribution is -2.14. The molecule has 0 atom stereocenters. The van der Waals surface area contributed by atoms with Gasteiger partial charge < -0.3 is 11.5 Å². The predicted molar refractivity (Wildman–Crippen MR) is 70.7 cm³/mol. The Labute approximate surface area is 113 Å². The molecule has 0 aliphatic heterocycles. The number of nitrogen functional groups attached to an aromatic ring is 1. The van der Waals surface area contributed by atoms with Gasteiger partial charge >= 0.3 is 0 Å². The highest BCUT2D eigenvalue weighted by molar-refractivity contribution is 6.42. The molecule has 0 spiro atoms. The second-order valence-corrected chi connectivity index (χ2v) is 4.56. The summed E-state index contributed by atoms with van der Waals surface area (Å²) in [5, 5.41) is 4.94. The minimum absolute atomic E-state index is 0.0649. The van der Waals surface area contributed by atoms with Crippen molar-refractivity contribution < 1.29 is 4.79 Å². The number of hydrogen-bond donors (Lipinski definition) is 2. The summed E-state index contributed by atoms with van der Waals surface area (Å²) >= 11 is 11.7. The van der Waals surface area contributed by atoms with Crippen molar-refractivity contribution in [3.05, 3.63) is 45.7 Å². The van der Waals surface area contributed by atoms with Gasteiger partial charge in [-0.1, -0.05) is 29.3 Å². The molecule has 0 radical (unpaired) electrons. The van der Waals surface area contributed by atoms with Crippen LogP contribution < -0.4 is 11.5 Å². The lowest BCUT2D eigenvalue weighted by molar-refractivity contribution is 0.0995. The largest absolute Gasteiger partial charge is 0.396 e. The van der Waals surface area contributed by atoms with Crippen LogP contribution in [-0.4, -0.2) is 15.7 Å². The molecule has 5 nitrogen and oxygen atoms in total. The lowest BCUT2D eigenvalue weighted by Gasteiger charge is -2.03. The third kappa shape index (κ3) is 2.57. The molecule has 1 heterocycles. The SMILES string of the molecule is NC(=O)c1nn(Cc2ccc(Cl)c(Cl)c2)cc1N. The maximum Gasteiger partial charge on any atom is 0.271 e. The fourth-order valence-corrected chi connectivity index (χ4v) is 1.86. The smallest absolute Gasteiger partial charge is 0.271 e. The number of benzene rings is 1. The highest BCUT2D eigenvalue weighted by Crippen LogP contribution is 2.23. The van der Waals surface area contributed by atoms with Crippen LogP contribution in [0.2, 0.25) is 10.0 Å². The number of rotatable bonds is 3. The van der Waals surface area contributed by atoms with Crippen molar-refractivity contribution in [2.45, 2.75) is 6.54 Å². The number of nitrogens with zero attached hydrogens (tertiary/aromatic N) is 2. The zero-order valence-electron chi connectivity index (χ0n) is 9.23. The number of carbonyl (C=O) groups excluding carboxylic acids is 1. The van der Waals surface area contributed by atoms with Crippen molar-refractivity contribution in [3.63, 3.8) is 0 Å². The van der Waals surface area contributed by atoms with Crippen molar-refractivity contribution in [2.75, 3.05) is 5.73 Å². The number of anilines is 1. The van der Waals surface area contributed by atoms with Crippen LogP contribution in [0.4, 0.5) is 5.69 Å². The van der Waals surface area contributed by atoms with E-state index in [1.54, 1.807) is 18.3 Å². The van der Waals surface area contributed by atoms with Crippen molar-refractivity contribution >= 4 is 34.8 Å². The zero-order valence-corrected chi connectivity index (χ0v) is 10.7. The van der Waals surface area contributed by atoms with E-state index in [1.807, 2.05) is 6.07 Å². The second-order valence-electron chi connectivity index (χ2n) is 3.74. The minimum Gasteiger partial charge on any atom is -0.396 e. The van der Waals surface area contributed by atoms with Gasteiger partial charge in [-0.05, 0) is 17.7 Å². The molecule has 4 N–H and O–H groups in total. The molecule has 1 aromatic heterocycles. The molecule has 0 bridgehead atoms. The highest BCUT2D eigenvalue weighted by Gasteiger charge is 2.11. The quantitative estimate of drug-likeness (QED) is 0.903. The van der Waals surface area contributed by atoms with Gasteiger partial charge in [-0.15, -0.1) is 0 Å². The molecule has 1 amide bonds. The minimum atomic E-state index is -0.652. The number of primary amides is 1. The average Bonchev–Trinajstić information content (AvgIpc) is 2.65. The van der Waals surface area contributed by atoms with E-state index >= 15 is 0 Å². The fourth-order valence-electron chi connectivity index (χ4n) is 1.53. The first-order valence-corrected chi connectivity index (χ1v) is 5.79. The number of aromatic nitrogens is 2. The molecule has 7 heteroatoms. The van der Waals surface area contributed by atoms with Gasteiger partial charge in [-0.2, -0.15) is 5.10 Å². The molecule has 2 rings (SSSR count). The van der Waals surface area contributed by atoms with Gasteiger partial charge in [-0.25, -0.2) is 0 Å². The summed E-state index contributed by atoms with van der Waals surface area (Å²) in [6, 6.07) is 5.24. The molecule has 1 aromatic carbocycles. The number of carbonyl (C=O) groups is 1. The molecule has 94 valence electrons. The number of amides is 1. The Kier molecular flexibility index (Phi) is 3.45. The summed E-state index contributed by atoms with van der Waals surface area (Å²) < 4.78 is 1.52. The first-order valence-electron chi connectivity index (χ1n) is 5.04. The van der Waals surface area contributed by atoms with E-state index < -0.39 is 5.91 Å². The van der Waals surface area contributed by atoms with Crippen LogP contribution in [0.15, 0.2) is 24.4 Å². The van der Waals surface area contributed by atoms with Crippen LogP contribution >= 0.6 is 23.2 Å². The third-order valence-electron chi connectivity index (χ3n) is 2.35. The summed E-state index contributed by atoms with van der Waals surface area (Å²) in [5.74, 6) is -0.652. The van der Waals surface area contributed by atoms with Crippen molar-refractivity contribution in [1.29, 1.82) is 0 Å². The third-order valence-corrected chi connectivity index (χ3v) is 3.09. The van der Waals surface area contributed by atoms with Gasteiger partial charge in [0, 0.05) is 6.20 Å². The first kappa shape index (κ1) is 12.7. The van der Waals surface area contributed by atoms with E-state index in [4.69, 9.17) is 34.7 Å². The Morgan fingerprint density at radius 2 is 2.06 bits per heavy atom. The van der Waals surface area contributed by atoms with E-state index in [0.717, 1.165) is 5.56 Å². The standard InChI is InChI=1S/C11H10Cl2N4O/c12-7-2-1-6(3-8(7)13)4-17-5-9(14)10(16-17)11(15)18/h1-3,5H,4,14H2,(H2,15,18). The van der Waals surface area contributed by atoms with Crippen LogP contribution in [0.5, 0.6) is 0 Å². The maximum absolute atomic E-state index is 11.0. The number of nitrogens with two attached hydrogens (primary N) is 2. The summed E-state index contributed by atoms with van der Waals surface area (Å²) in [7, 11) is 0. The number of hydrogen-bond acceptors (Lipinski definition) is 3. The Bertz CT molecular complexity index is 609. The molecular formula is C11H10Cl2N4O. The van der Waals surface area contributed by atoms with Crippen molar-refractivity contribution in [3.8, 4) is 0 Å². The molecule has 18 heavy (non-hydrogen) atoms.